The van der Waals surface area contributed by atoms with Crippen LogP contribution in [0.1, 0.15) is 30.7 Å². The Labute approximate surface area is 153 Å². The molecule has 4 heteroatoms. The lowest BCUT2D eigenvalue weighted by atomic mass is 10.0. The molecule has 0 N–H and O–H groups in total. The van der Waals surface area contributed by atoms with Gasteiger partial charge in [-0.05, 0) is 25.8 Å². The average molecular weight is 346 g/mol. The highest BCUT2D eigenvalue weighted by Gasteiger charge is 2.32. The van der Waals surface area contributed by atoms with Gasteiger partial charge in [0.15, 0.2) is 0 Å². The summed E-state index contributed by atoms with van der Waals surface area (Å²) in [5.74, 6) is 1.46. The van der Waals surface area contributed by atoms with E-state index < -0.39 is 0 Å². The number of nitrogens with zero attached hydrogens (tertiary/aromatic N) is 2. The molecular weight excluding hydrogens is 324 g/mol. The van der Waals surface area contributed by atoms with Crippen molar-refractivity contribution in [2.75, 3.05) is 6.61 Å². The predicted octanol–water partition coefficient (Wildman–Crippen LogP) is 4.68. The van der Waals surface area contributed by atoms with Gasteiger partial charge in [0.1, 0.15) is 23.6 Å². The third-order valence-electron chi connectivity index (χ3n) is 4.47. The van der Waals surface area contributed by atoms with Crippen LogP contribution in [0.2, 0.25) is 0 Å². The van der Waals surface area contributed by atoms with Crippen molar-refractivity contribution in [1.29, 1.82) is 0 Å². The summed E-state index contributed by atoms with van der Waals surface area (Å²) in [6, 6.07) is 20.4. The zero-order valence-corrected chi connectivity index (χ0v) is 15.1. The van der Waals surface area contributed by atoms with Gasteiger partial charge < -0.3 is 9.26 Å². The molecule has 0 atom stereocenters. The van der Waals surface area contributed by atoms with Crippen molar-refractivity contribution in [1.82, 2.24) is 5.16 Å². The van der Waals surface area contributed by atoms with Gasteiger partial charge in [0.25, 0.3) is 0 Å². The smallest absolute Gasteiger partial charge is 0.222 e. The molecule has 0 unspecified atom stereocenters. The fourth-order valence-electron chi connectivity index (χ4n) is 3.12. The lowest BCUT2D eigenvalue weighted by Crippen LogP contribution is -2.17. The van der Waals surface area contributed by atoms with Crippen molar-refractivity contribution in [3.05, 3.63) is 77.6 Å². The lowest BCUT2D eigenvalue weighted by molar-refractivity contribution is 0.279. The van der Waals surface area contributed by atoms with Crippen LogP contribution in [-0.2, 0) is 17.6 Å². The Balaban J connectivity index is 1.71. The highest BCUT2D eigenvalue weighted by molar-refractivity contribution is 6.01. The summed E-state index contributed by atoms with van der Waals surface area (Å²) in [5.41, 5.74) is 3.74. The first-order chi connectivity index (χ1) is 12.6. The lowest BCUT2D eigenvalue weighted by Gasteiger charge is -2.07. The number of aliphatic imine (C=N–C) groups is 1. The van der Waals surface area contributed by atoms with Gasteiger partial charge in [-0.15, -0.1) is 0 Å². The Hall–Kier alpha value is -2.88. The van der Waals surface area contributed by atoms with Crippen LogP contribution < -0.4 is 0 Å². The highest BCUT2D eigenvalue weighted by atomic mass is 16.5. The molecule has 0 radical (unpaired) electrons. The zero-order chi connectivity index (χ0) is 18.0. The van der Waals surface area contributed by atoms with Crippen LogP contribution in [-0.4, -0.2) is 23.2 Å². The Morgan fingerprint density at radius 2 is 1.62 bits per heavy atom. The van der Waals surface area contributed by atoms with E-state index in [9.17, 15) is 0 Å². The molecule has 4 rings (SSSR count). The van der Waals surface area contributed by atoms with E-state index in [0.717, 1.165) is 35.4 Å². The molecule has 3 aromatic rings. The van der Waals surface area contributed by atoms with Gasteiger partial charge in [-0.25, -0.2) is 4.99 Å². The second-order valence-corrected chi connectivity index (χ2v) is 7.20. The second-order valence-electron chi connectivity index (χ2n) is 7.20. The van der Waals surface area contributed by atoms with E-state index in [-0.39, 0.29) is 5.54 Å². The first kappa shape index (κ1) is 16.6. The van der Waals surface area contributed by atoms with Crippen molar-refractivity contribution in [3.8, 4) is 11.3 Å². The molecule has 0 saturated carbocycles. The van der Waals surface area contributed by atoms with Gasteiger partial charge in [-0.3, -0.25) is 0 Å². The van der Waals surface area contributed by atoms with Crippen molar-refractivity contribution in [2.24, 2.45) is 4.99 Å². The van der Waals surface area contributed by atoms with Gasteiger partial charge >= 0.3 is 0 Å². The molecule has 1 aliphatic rings. The molecular formula is C22H22N2O2. The molecule has 1 aromatic heterocycles. The SMILES string of the molecule is CC1(C)COC(c2c(-c3ccccc3)noc2CCc2ccccc2)=N1. The number of benzene rings is 2. The highest BCUT2D eigenvalue weighted by Crippen LogP contribution is 2.31. The standard InChI is InChI=1S/C22H22N2O2/c1-22(2)15-25-21(23-22)19-18(14-13-16-9-5-3-6-10-16)26-24-20(19)17-11-7-4-8-12-17/h3-12H,13-15H2,1-2H3. The maximum absolute atomic E-state index is 5.92. The Kier molecular flexibility index (Phi) is 4.33. The van der Waals surface area contributed by atoms with E-state index in [4.69, 9.17) is 14.3 Å². The molecule has 2 aromatic carbocycles. The van der Waals surface area contributed by atoms with E-state index in [1.165, 1.54) is 5.56 Å². The Morgan fingerprint density at radius 3 is 2.27 bits per heavy atom. The molecule has 2 heterocycles. The van der Waals surface area contributed by atoms with E-state index in [0.29, 0.717) is 12.5 Å². The number of ether oxygens (including phenoxy) is 1. The minimum Gasteiger partial charge on any atom is -0.475 e. The third kappa shape index (κ3) is 3.40. The molecule has 4 nitrogen and oxygen atoms in total. The van der Waals surface area contributed by atoms with Gasteiger partial charge in [-0.1, -0.05) is 65.8 Å². The number of aromatic nitrogens is 1. The summed E-state index contributed by atoms with van der Waals surface area (Å²) in [5, 5.41) is 4.36. The summed E-state index contributed by atoms with van der Waals surface area (Å²) in [7, 11) is 0. The number of rotatable bonds is 5. The normalized spacial score (nSPS) is 15.5. The van der Waals surface area contributed by atoms with Gasteiger partial charge in [0, 0.05) is 12.0 Å². The summed E-state index contributed by atoms with van der Waals surface area (Å²) >= 11 is 0. The molecule has 1 aliphatic heterocycles. The molecule has 132 valence electrons. The van der Waals surface area contributed by atoms with E-state index in [1.807, 2.05) is 36.4 Å². The molecule has 0 bridgehead atoms. The monoisotopic (exact) mass is 346 g/mol. The van der Waals surface area contributed by atoms with Crippen LogP contribution in [0.4, 0.5) is 0 Å². The minimum absolute atomic E-state index is 0.225. The topological polar surface area (TPSA) is 47.6 Å². The number of hydrogen-bond donors (Lipinski definition) is 0. The van der Waals surface area contributed by atoms with Crippen LogP contribution in [0.3, 0.4) is 0 Å². The summed E-state index contributed by atoms with van der Waals surface area (Å²) < 4.78 is 11.7. The summed E-state index contributed by atoms with van der Waals surface area (Å²) in [4.78, 5) is 4.76. The van der Waals surface area contributed by atoms with Crippen molar-refractivity contribution >= 4 is 5.90 Å². The van der Waals surface area contributed by atoms with Crippen LogP contribution in [0.15, 0.2) is 70.2 Å². The molecule has 0 fully saturated rings. The second kappa shape index (κ2) is 6.79. The van der Waals surface area contributed by atoms with Crippen molar-refractivity contribution in [3.63, 3.8) is 0 Å². The van der Waals surface area contributed by atoms with Crippen molar-refractivity contribution < 1.29 is 9.26 Å². The van der Waals surface area contributed by atoms with E-state index in [2.05, 4.69) is 43.3 Å². The third-order valence-corrected chi connectivity index (χ3v) is 4.47. The molecule has 26 heavy (non-hydrogen) atoms. The van der Waals surface area contributed by atoms with Crippen LogP contribution in [0.25, 0.3) is 11.3 Å². The van der Waals surface area contributed by atoms with Crippen LogP contribution in [0.5, 0.6) is 0 Å². The van der Waals surface area contributed by atoms with E-state index in [1.54, 1.807) is 0 Å². The van der Waals surface area contributed by atoms with Crippen LogP contribution >= 0.6 is 0 Å². The van der Waals surface area contributed by atoms with Crippen LogP contribution in [0, 0.1) is 0 Å². The number of hydrogen-bond acceptors (Lipinski definition) is 4. The Morgan fingerprint density at radius 1 is 0.923 bits per heavy atom. The number of aryl methyl sites for hydroxylation is 2. The maximum Gasteiger partial charge on any atom is 0.222 e. The maximum atomic E-state index is 5.92. The fraction of sp³-hybridized carbons (Fsp3) is 0.273. The van der Waals surface area contributed by atoms with Gasteiger partial charge in [-0.2, -0.15) is 0 Å². The largest absolute Gasteiger partial charge is 0.475 e. The molecule has 0 spiro atoms. The first-order valence-corrected chi connectivity index (χ1v) is 8.93. The minimum atomic E-state index is -0.225. The molecule has 0 saturated heterocycles. The van der Waals surface area contributed by atoms with Gasteiger partial charge in [0.05, 0.1) is 5.54 Å². The summed E-state index contributed by atoms with van der Waals surface area (Å²) in [6.45, 7) is 4.71. The van der Waals surface area contributed by atoms with Crippen molar-refractivity contribution in [2.45, 2.75) is 32.2 Å². The fourth-order valence-corrected chi connectivity index (χ4v) is 3.12. The molecule has 0 aliphatic carbocycles. The Bertz CT molecular complexity index is 912. The zero-order valence-electron chi connectivity index (χ0n) is 15.1. The quantitative estimate of drug-likeness (QED) is 0.674. The molecule has 0 amide bonds. The predicted molar refractivity (Wildman–Crippen MR) is 102 cm³/mol. The van der Waals surface area contributed by atoms with Gasteiger partial charge in [0.2, 0.25) is 5.90 Å². The van der Waals surface area contributed by atoms with E-state index >= 15 is 0 Å². The average Bonchev–Trinajstić information content (AvgIpc) is 3.24. The first-order valence-electron chi connectivity index (χ1n) is 8.93. The summed E-state index contributed by atoms with van der Waals surface area (Å²) in [6.07, 6.45) is 1.63.